The fourth-order valence-electron chi connectivity index (χ4n) is 2.45. The highest BCUT2D eigenvalue weighted by Crippen LogP contribution is 2.24. The number of carbonyl (C=O) groups is 1. The third-order valence-electron chi connectivity index (χ3n) is 3.51. The normalized spacial score (nSPS) is 20.0. The number of nitrogens with zero attached hydrogens (tertiary/aromatic N) is 1. The van der Waals surface area contributed by atoms with Gasteiger partial charge in [-0.25, -0.2) is 17.6 Å². The van der Waals surface area contributed by atoms with E-state index >= 15 is 0 Å². The van der Waals surface area contributed by atoms with Crippen molar-refractivity contribution in [3.8, 4) is 0 Å². The van der Waals surface area contributed by atoms with Crippen LogP contribution in [-0.2, 0) is 19.6 Å². The molecule has 1 fully saturated rings. The maximum atomic E-state index is 12.9. The molecule has 1 atom stereocenters. The molecule has 6 nitrogen and oxygen atoms in total. The third-order valence-corrected chi connectivity index (χ3v) is 5.39. The number of piperidine rings is 1. The lowest BCUT2D eigenvalue weighted by Gasteiger charge is -2.31. The number of benzene rings is 1. The van der Waals surface area contributed by atoms with Gasteiger partial charge in [-0.2, -0.15) is 4.31 Å². The Morgan fingerprint density at radius 2 is 2.05 bits per heavy atom. The number of ether oxygens (including phenoxy) is 1. The van der Waals surface area contributed by atoms with E-state index in [-0.39, 0.29) is 30.6 Å². The molecule has 0 radical (unpaired) electrons. The van der Waals surface area contributed by atoms with Gasteiger partial charge >= 0.3 is 5.97 Å². The van der Waals surface area contributed by atoms with E-state index in [1.54, 1.807) is 0 Å². The fraction of sp³-hybridized carbons (Fsp3) is 0.500. The molecule has 1 aliphatic rings. The average molecular weight is 331 g/mol. The Hall–Kier alpha value is -1.51. The zero-order valence-electron chi connectivity index (χ0n) is 11.9. The van der Waals surface area contributed by atoms with Gasteiger partial charge in [0.25, 0.3) is 0 Å². The van der Waals surface area contributed by atoms with Gasteiger partial charge in [-0.05, 0) is 43.0 Å². The number of carboxylic acids is 1. The van der Waals surface area contributed by atoms with E-state index in [0.717, 1.165) is 18.6 Å². The first-order valence-electron chi connectivity index (χ1n) is 6.95. The minimum atomic E-state index is -3.66. The van der Waals surface area contributed by atoms with Crippen molar-refractivity contribution in [2.75, 3.05) is 26.3 Å². The summed E-state index contributed by atoms with van der Waals surface area (Å²) < 4.78 is 44.3. The lowest BCUT2D eigenvalue weighted by molar-refractivity contribution is -0.142. The molecule has 0 bridgehead atoms. The number of halogens is 1. The molecule has 0 aromatic heterocycles. The van der Waals surface area contributed by atoms with Crippen LogP contribution in [0.3, 0.4) is 0 Å². The Labute approximate surface area is 128 Å². The van der Waals surface area contributed by atoms with Crippen molar-refractivity contribution in [1.82, 2.24) is 4.31 Å². The van der Waals surface area contributed by atoms with Gasteiger partial charge in [0.15, 0.2) is 0 Å². The van der Waals surface area contributed by atoms with Gasteiger partial charge in [-0.1, -0.05) is 0 Å². The van der Waals surface area contributed by atoms with Crippen LogP contribution < -0.4 is 0 Å². The molecular formula is C14H18FNO5S. The zero-order chi connectivity index (χ0) is 16.2. The van der Waals surface area contributed by atoms with E-state index in [4.69, 9.17) is 9.84 Å². The molecule has 1 N–H and O–H groups in total. The Kier molecular flexibility index (Phi) is 5.49. The molecule has 1 aromatic rings. The molecule has 0 aliphatic carbocycles. The molecule has 122 valence electrons. The smallest absolute Gasteiger partial charge is 0.329 e. The van der Waals surface area contributed by atoms with Gasteiger partial charge in [0.2, 0.25) is 10.0 Å². The van der Waals surface area contributed by atoms with Crippen LogP contribution in [0.15, 0.2) is 29.2 Å². The summed E-state index contributed by atoms with van der Waals surface area (Å²) in [5.41, 5.74) is 0. The van der Waals surface area contributed by atoms with Crippen LogP contribution in [-0.4, -0.2) is 50.1 Å². The lowest BCUT2D eigenvalue weighted by Crippen LogP contribution is -2.41. The molecule has 1 aliphatic heterocycles. The third kappa shape index (κ3) is 4.25. The molecule has 0 amide bonds. The zero-order valence-corrected chi connectivity index (χ0v) is 12.8. The molecule has 22 heavy (non-hydrogen) atoms. The topological polar surface area (TPSA) is 83.9 Å². The van der Waals surface area contributed by atoms with Gasteiger partial charge in [0.05, 0.1) is 11.5 Å². The van der Waals surface area contributed by atoms with Crippen molar-refractivity contribution in [2.45, 2.75) is 17.7 Å². The molecule has 1 unspecified atom stereocenters. The number of carboxylic acid groups (broad SMARTS) is 1. The van der Waals surface area contributed by atoms with Gasteiger partial charge in [0, 0.05) is 13.1 Å². The summed E-state index contributed by atoms with van der Waals surface area (Å²) in [4.78, 5) is 10.5. The molecule has 8 heteroatoms. The maximum Gasteiger partial charge on any atom is 0.329 e. The summed E-state index contributed by atoms with van der Waals surface area (Å²) in [6, 6.07) is 4.72. The van der Waals surface area contributed by atoms with Gasteiger partial charge in [-0.3, -0.25) is 0 Å². The van der Waals surface area contributed by atoms with E-state index in [1.807, 2.05) is 0 Å². The van der Waals surface area contributed by atoms with Crippen molar-refractivity contribution in [1.29, 1.82) is 0 Å². The second-order valence-corrected chi connectivity index (χ2v) is 7.17. The number of sulfonamides is 1. The second-order valence-electron chi connectivity index (χ2n) is 5.23. The van der Waals surface area contributed by atoms with Crippen molar-refractivity contribution in [3.63, 3.8) is 0 Å². The van der Waals surface area contributed by atoms with E-state index < -0.39 is 21.8 Å². The first-order chi connectivity index (χ1) is 10.4. The van der Waals surface area contributed by atoms with Crippen molar-refractivity contribution in [2.24, 2.45) is 5.92 Å². The number of rotatable bonds is 6. The standard InChI is InChI=1S/C14H18FNO5S/c15-12-3-5-13(6-4-12)22(19,20)16-7-1-2-11(8-16)9-21-10-14(17)18/h3-6,11H,1-2,7-10H2,(H,17,18). The molecular weight excluding hydrogens is 313 g/mol. The number of hydrogen-bond acceptors (Lipinski definition) is 4. The van der Waals surface area contributed by atoms with E-state index in [2.05, 4.69) is 0 Å². The average Bonchev–Trinajstić information content (AvgIpc) is 2.47. The van der Waals surface area contributed by atoms with Gasteiger partial charge in [-0.15, -0.1) is 0 Å². The Balaban J connectivity index is 2.01. The van der Waals surface area contributed by atoms with Crippen LogP contribution in [0, 0.1) is 11.7 Å². The number of aliphatic carboxylic acids is 1. The molecule has 1 aromatic carbocycles. The highest BCUT2D eigenvalue weighted by molar-refractivity contribution is 7.89. The second kappa shape index (κ2) is 7.17. The largest absolute Gasteiger partial charge is 0.480 e. The molecule has 1 saturated heterocycles. The van der Waals surface area contributed by atoms with E-state index in [1.165, 1.54) is 16.4 Å². The quantitative estimate of drug-likeness (QED) is 0.850. The summed E-state index contributed by atoms with van der Waals surface area (Å²) in [5, 5.41) is 8.53. The summed E-state index contributed by atoms with van der Waals surface area (Å²) in [6.45, 7) is 0.497. The Morgan fingerprint density at radius 1 is 1.36 bits per heavy atom. The highest BCUT2D eigenvalue weighted by Gasteiger charge is 2.30. The van der Waals surface area contributed by atoms with Gasteiger partial charge < -0.3 is 9.84 Å². The van der Waals surface area contributed by atoms with Crippen LogP contribution in [0.1, 0.15) is 12.8 Å². The van der Waals surface area contributed by atoms with Crippen molar-refractivity contribution in [3.05, 3.63) is 30.1 Å². The monoisotopic (exact) mass is 331 g/mol. The van der Waals surface area contributed by atoms with E-state index in [9.17, 15) is 17.6 Å². The Bertz CT molecular complexity index is 617. The van der Waals surface area contributed by atoms with Crippen LogP contribution in [0.5, 0.6) is 0 Å². The van der Waals surface area contributed by atoms with E-state index in [0.29, 0.717) is 13.0 Å². The van der Waals surface area contributed by atoms with Crippen LogP contribution in [0.4, 0.5) is 4.39 Å². The molecule has 0 saturated carbocycles. The highest BCUT2D eigenvalue weighted by atomic mass is 32.2. The Morgan fingerprint density at radius 3 is 2.68 bits per heavy atom. The lowest BCUT2D eigenvalue weighted by atomic mass is 10.0. The van der Waals surface area contributed by atoms with Gasteiger partial charge in [0.1, 0.15) is 12.4 Å². The minimum absolute atomic E-state index is 0.0386. The predicted molar refractivity (Wildman–Crippen MR) is 76.3 cm³/mol. The fourth-order valence-corrected chi connectivity index (χ4v) is 4.00. The predicted octanol–water partition coefficient (Wildman–Crippen LogP) is 1.33. The van der Waals surface area contributed by atoms with Crippen LogP contribution in [0.2, 0.25) is 0 Å². The first kappa shape index (κ1) is 16.9. The summed E-state index contributed by atoms with van der Waals surface area (Å²) in [5.74, 6) is -1.58. The van der Waals surface area contributed by atoms with Crippen LogP contribution in [0.25, 0.3) is 0 Å². The number of hydrogen-bond donors (Lipinski definition) is 1. The van der Waals surface area contributed by atoms with Crippen molar-refractivity contribution >= 4 is 16.0 Å². The first-order valence-corrected chi connectivity index (χ1v) is 8.39. The maximum absolute atomic E-state index is 12.9. The summed E-state index contributed by atoms with van der Waals surface area (Å²) in [7, 11) is -3.66. The van der Waals surface area contributed by atoms with Crippen molar-refractivity contribution < 1.29 is 27.4 Å². The summed E-state index contributed by atoms with van der Waals surface area (Å²) in [6.07, 6.45) is 1.47. The minimum Gasteiger partial charge on any atom is -0.480 e. The van der Waals surface area contributed by atoms with Crippen LogP contribution >= 0.6 is 0 Å². The molecule has 1 heterocycles. The molecule has 0 spiro atoms. The molecule has 2 rings (SSSR count). The SMILES string of the molecule is O=C(O)COCC1CCCN(S(=O)(=O)c2ccc(F)cc2)C1. The summed E-state index contributed by atoms with van der Waals surface area (Å²) >= 11 is 0.